The summed E-state index contributed by atoms with van der Waals surface area (Å²) in [4.78, 5) is 0. The van der Waals surface area contributed by atoms with Gasteiger partial charge in [-0.05, 0) is 0 Å². The van der Waals surface area contributed by atoms with E-state index in [9.17, 15) is 0 Å². The Hall–Kier alpha value is -0.985. The summed E-state index contributed by atoms with van der Waals surface area (Å²) >= 11 is 0. The molecule has 0 aliphatic carbocycles. The van der Waals surface area contributed by atoms with E-state index >= 15 is 0 Å². The average Bonchev–Trinajstić information content (AvgIpc) is 2.16. The van der Waals surface area contributed by atoms with Crippen molar-refractivity contribution < 1.29 is 9.47 Å². The molecule has 1 rings (SSSR count). The normalized spacial score (nSPS) is 9.25. The third-order valence-corrected chi connectivity index (χ3v) is 1.87. The van der Waals surface area contributed by atoms with Gasteiger partial charge in [0.1, 0.15) is 0 Å². The van der Waals surface area contributed by atoms with Crippen LogP contribution in [0.15, 0.2) is 12.0 Å². The molecule has 0 saturated heterocycles. The zero-order chi connectivity index (χ0) is 8.97. The number of aryl methyl sites for hydroxylation is 1. The molecule has 0 aromatic carbocycles. The van der Waals surface area contributed by atoms with Gasteiger partial charge >= 0.3 is 72.9 Å². The first-order chi connectivity index (χ1) is 5.83. The number of methoxy groups -OCH3 is 2. The maximum absolute atomic E-state index is 5.23. The van der Waals surface area contributed by atoms with Crippen LogP contribution in [0, 0.1) is 0 Å². The molecule has 1 aromatic rings. The first kappa shape index (κ1) is 9.11. The fraction of sp³-hybridized carbons (Fsp3) is 0.444. The van der Waals surface area contributed by atoms with Gasteiger partial charge in [0, 0.05) is 0 Å². The van der Waals surface area contributed by atoms with Gasteiger partial charge in [0.25, 0.3) is 0 Å². The van der Waals surface area contributed by atoms with Crippen molar-refractivity contribution in [2.45, 2.75) is 13.3 Å². The summed E-state index contributed by atoms with van der Waals surface area (Å²) in [6, 6.07) is 2.04. The van der Waals surface area contributed by atoms with Gasteiger partial charge in [0.15, 0.2) is 0 Å². The molecular formula is C9H13BO2. The van der Waals surface area contributed by atoms with Crippen LogP contribution in [-0.4, -0.2) is 21.1 Å². The molecule has 0 radical (unpaired) electrons. The van der Waals surface area contributed by atoms with Crippen LogP contribution in [0.5, 0.6) is 11.4 Å². The van der Waals surface area contributed by atoms with Crippen molar-refractivity contribution in [1.82, 2.24) is 0 Å². The van der Waals surface area contributed by atoms with Crippen LogP contribution in [0.2, 0.25) is 0 Å². The van der Waals surface area contributed by atoms with Crippen LogP contribution in [-0.2, 0) is 6.42 Å². The van der Waals surface area contributed by atoms with Crippen molar-refractivity contribution >= 4 is 6.91 Å². The summed E-state index contributed by atoms with van der Waals surface area (Å²) in [7, 11) is 3.31. The molecule has 64 valence electrons. The molecule has 0 saturated carbocycles. The molecule has 0 N–H and O–H groups in total. The first-order valence-electron chi connectivity index (χ1n) is 4.03. The van der Waals surface area contributed by atoms with Gasteiger partial charge in [-0.2, -0.15) is 0 Å². The second-order valence-corrected chi connectivity index (χ2v) is 2.51. The van der Waals surface area contributed by atoms with E-state index in [1.54, 1.807) is 14.2 Å². The van der Waals surface area contributed by atoms with Crippen LogP contribution < -0.4 is 9.47 Å². The Labute approximate surface area is 73.7 Å². The van der Waals surface area contributed by atoms with Crippen LogP contribution in [0.25, 0.3) is 0 Å². The minimum atomic E-state index is 0.803. The Morgan fingerprint density at radius 2 is 2.08 bits per heavy atom. The van der Waals surface area contributed by atoms with Crippen molar-refractivity contribution in [2.75, 3.05) is 14.2 Å². The predicted molar refractivity (Wildman–Crippen MR) is 50.3 cm³/mol. The molecule has 0 aliphatic rings. The molecule has 0 spiro atoms. The number of hydrogen-bond donors (Lipinski definition) is 0. The Bertz CT molecular complexity index is 238. The van der Waals surface area contributed by atoms with Gasteiger partial charge in [-0.15, -0.1) is 0 Å². The maximum atomic E-state index is 5.23. The van der Waals surface area contributed by atoms with E-state index in [1.165, 1.54) is 5.56 Å². The van der Waals surface area contributed by atoms with Crippen molar-refractivity contribution in [1.29, 1.82) is 0 Å². The van der Waals surface area contributed by atoms with E-state index in [0.29, 0.717) is 0 Å². The first-order valence-corrected chi connectivity index (χ1v) is 4.03. The summed E-state index contributed by atoms with van der Waals surface area (Å²) in [6.07, 6.45) is 0.959. The number of hydrogen-bond acceptors (Lipinski definition) is 2. The zero-order valence-electron chi connectivity index (χ0n) is 7.76. The fourth-order valence-corrected chi connectivity index (χ4v) is 1.23. The Kier molecular flexibility index (Phi) is 3.14. The molecule has 3 heteroatoms. The zero-order valence-corrected chi connectivity index (χ0v) is 7.76. The van der Waals surface area contributed by atoms with E-state index in [0.717, 1.165) is 17.8 Å². The summed E-state index contributed by atoms with van der Waals surface area (Å²) < 4.78 is 10.4. The van der Waals surface area contributed by atoms with Gasteiger partial charge in [-0.25, -0.2) is 0 Å². The molecule has 0 unspecified atom stereocenters. The second kappa shape index (κ2) is 4.14. The molecule has 0 fully saturated rings. The van der Waals surface area contributed by atoms with Gasteiger partial charge in [-0.3, -0.25) is 0 Å². The standard InChI is InChI=1S/C9H13BO2/c1-4-7-5-6-10-9(12-3)8(7)11-2/h5-6H,4H2,1-3H3. The van der Waals surface area contributed by atoms with Gasteiger partial charge in [0.05, 0.1) is 0 Å². The topological polar surface area (TPSA) is 18.5 Å². The van der Waals surface area contributed by atoms with E-state index < -0.39 is 0 Å². The second-order valence-electron chi connectivity index (χ2n) is 2.51. The SMILES string of the molecule is CCc1ccbc(OC)c1OC. The van der Waals surface area contributed by atoms with Crippen molar-refractivity contribution in [3.8, 4) is 11.4 Å². The number of ether oxygens (including phenoxy) is 2. The minimum absolute atomic E-state index is 0.803. The molecule has 12 heavy (non-hydrogen) atoms. The summed E-state index contributed by atoms with van der Waals surface area (Å²) in [5.74, 6) is 2.82. The van der Waals surface area contributed by atoms with E-state index in [4.69, 9.17) is 9.47 Å². The molecule has 2 nitrogen and oxygen atoms in total. The number of rotatable bonds is 3. The van der Waals surface area contributed by atoms with E-state index in [-0.39, 0.29) is 0 Å². The monoisotopic (exact) mass is 164 g/mol. The summed E-state index contributed by atoms with van der Waals surface area (Å²) in [5.41, 5.74) is 1.98. The molecule has 0 bridgehead atoms. The quantitative estimate of drug-likeness (QED) is 0.675. The summed E-state index contributed by atoms with van der Waals surface area (Å²) in [5, 5.41) is 0. The van der Waals surface area contributed by atoms with Crippen LogP contribution in [0.4, 0.5) is 0 Å². The molecule has 1 heterocycles. The third-order valence-electron chi connectivity index (χ3n) is 1.87. The van der Waals surface area contributed by atoms with E-state index in [1.807, 2.05) is 18.9 Å². The van der Waals surface area contributed by atoms with Crippen molar-refractivity contribution in [3.05, 3.63) is 17.6 Å². The molecule has 1 aromatic heterocycles. The Balaban J connectivity index is 3.13. The fourth-order valence-electron chi connectivity index (χ4n) is 1.23. The molecular weight excluding hydrogens is 151 g/mol. The Morgan fingerprint density at radius 3 is 2.58 bits per heavy atom. The Morgan fingerprint density at radius 1 is 1.33 bits per heavy atom. The van der Waals surface area contributed by atoms with Gasteiger partial charge < -0.3 is 0 Å². The van der Waals surface area contributed by atoms with Crippen LogP contribution >= 0.6 is 0 Å². The van der Waals surface area contributed by atoms with Crippen molar-refractivity contribution in [2.24, 2.45) is 0 Å². The predicted octanol–water partition coefficient (Wildman–Crippen LogP) is 1.60. The van der Waals surface area contributed by atoms with Crippen LogP contribution in [0.1, 0.15) is 12.5 Å². The molecule has 0 amide bonds. The molecule has 0 aliphatic heterocycles. The summed E-state index contributed by atoms with van der Waals surface area (Å²) in [6.45, 7) is 4.00. The average molecular weight is 164 g/mol. The van der Waals surface area contributed by atoms with E-state index in [2.05, 4.69) is 6.92 Å². The third kappa shape index (κ3) is 1.60. The van der Waals surface area contributed by atoms with Gasteiger partial charge in [-0.1, -0.05) is 0 Å². The van der Waals surface area contributed by atoms with Crippen LogP contribution in [0.3, 0.4) is 0 Å². The molecule has 0 atom stereocenters. The van der Waals surface area contributed by atoms with Gasteiger partial charge in [0.2, 0.25) is 0 Å². The van der Waals surface area contributed by atoms with Crippen molar-refractivity contribution in [3.63, 3.8) is 0 Å².